The minimum atomic E-state index is -0.147. The standard InChI is InChI=1S/C37H64O2/c1-4-6-8-10-12-14-15-16-17-18-19-21-23-25-27-29-36(38)34(35-32-33(3)30-31-37(35)39)28-26-24-22-20-13-11-9-7-5-2/h16-17,30-32,34,39H,4-15,18-29H2,1-3H3. The number of aryl methyl sites for hydroxylation is 1. The van der Waals surface area contributed by atoms with Gasteiger partial charge in [0.25, 0.3) is 0 Å². The van der Waals surface area contributed by atoms with E-state index in [2.05, 4.69) is 26.0 Å². The summed E-state index contributed by atoms with van der Waals surface area (Å²) in [5, 5.41) is 10.5. The van der Waals surface area contributed by atoms with Gasteiger partial charge in [0.05, 0.1) is 0 Å². The normalized spacial score (nSPS) is 12.4. The lowest BCUT2D eigenvalue weighted by Gasteiger charge is -2.18. The number of Topliss-reactive ketones (excluding diaryl/α,β-unsaturated/α-hetero) is 1. The van der Waals surface area contributed by atoms with Gasteiger partial charge < -0.3 is 5.11 Å². The van der Waals surface area contributed by atoms with Crippen molar-refractivity contribution in [1.29, 1.82) is 0 Å². The van der Waals surface area contributed by atoms with Gasteiger partial charge in [0.1, 0.15) is 11.5 Å². The minimum Gasteiger partial charge on any atom is -0.508 e. The smallest absolute Gasteiger partial charge is 0.140 e. The van der Waals surface area contributed by atoms with Gasteiger partial charge in [0.2, 0.25) is 0 Å². The average molecular weight is 541 g/mol. The van der Waals surface area contributed by atoms with Crippen molar-refractivity contribution >= 4 is 5.78 Å². The fraction of sp³-hybridized carbons (Fsp3) is 0.757. The van der Waals surface area contributed by atoms with Gasteiger partial charge in [-0.25, -0.2) is 0 Å². The van der Waals surface area contributed by atoms with Crippen molar-refractivity contribution in [2.45, 2.75) is 181 Å². The summed E-state index contributed by atoms with van der Waals surface area (Å²) in [4.78, 5) is 13.3. The number of carbonyl (C=O) groups is 1. The highest BCUT2D eigenvalue weighted by Crippen LogP contribution is 2.33. The van der Waals surface area contributed by atoms with Crippen molar-refractivity contribution in [2.75, 3.05) is 0 Å². The third-order valence-corrected chi connectivity index (χ3v) is 8.23. The molecular formula is C37H64O2. The first-order valence-corrected chi connectivity index (χ1v) is 17.1. The molecule has 1 aromatic rings. The van der Waals surface area contributed by atoms with Crippen LogP contribution in [0.25, 0.3) is 0 Å². The van der Waals surface area contributed by atoms with Crippen molar-refractivity contribution in [3.8, 4) is 5.75 Å². The Kier molecular flexibility index (Phi) is 23.1. The summed E-state index contributed by atoms with van der Waals surface area (Å²) in [6, 6.07) is 5.73. The topological polar surface area (TPSA) is 37.3 Å². The molecule has 1 atom stereocenters. The molecule has 0 aliphatic heterocycles. The second-order valence-corrected chi connectivity index (χ2v) is 12.0. The van der Waals surface area contributed by atoms with Crippen molar-refractivity contribution in [3.63, 3.8) is 0 Å². The molecule has 1 N–H and O–H groups in total. The fourth-order valence-corrected chi connectivity index (χ4v) is 5.65. The van der Waals surface area contributed by atoms with Crippen LogP contribution in [0.5, 0.6) is 5.75 Å². The highest BCUT2D eigenvalue weighted by atomic mass is 16.3. The molecule has 0 aromatic heterocycles. The molecule has 224 valence electrons. The Labute approximate surface area is 243 Å². The Morgan fingerprint density at radius 1 is 0.667 bits per heavy atom. The molecule has 0 aliphatic carbocycles. The van der Waals surface area contributed by atoms with Gasteiger partial charge >= 0.3 is 0 Å². The first-order valence-electron chi connectivity index (χ1n) is 17.1. The molecular weight excluding hydrogens is 476 g/mol. The fourth-order valence-electron chi connectivity index (χ4n) is 5.65. The van der Waals surface area contributed by atoms with Crippen LogP contribution < -0.4 is 0 Å². The Balaban J connectivity index is 2.26. The predicted molar refractivity (Wildman–Crippen MR) is 172 cm³/mol. The summed E-state index contributed by atoms with van der Waals surface area (Å²) >= 11 is 0. The number of benzene rings is 1. The summed E-state index contributed by atoms with van der Waals surface area (Å²) in [6.45, 7) is 6.59. The van der Waals surface area contributed by atoms with E-state index in [0.717, 1.165) is 36.8 Å². The summed E-state index contributed by atoms with van der Waals surface area (Å²) in [5.41, 5.74) is 1.97. The lowest BCUT2D eigenvalue weighted by molar-refractivity contribution is -0.120. The quantitative estimate of drug-likeness (QED) is 0.0889. The molecule has 1 rings (SSSR count). The van der Waals surface area contributed by atoms with E-state index in [1.165, 1.54) is 122 Å². The van der Waals surface area contributed by atoms with Gasteiger partial charge in [0, 0.05) is 17.9 Å². The van der Waals surface area contributed by atoms with E-state index >= 15 is 0 Å². The number of hydrogen-bond donors (Lipinski definition) is 1. The van der Waals surface area contributed by atoms with E-state index in [1.807, 2.05) is 19.1 Å². The van der Waals surface area contributed by atoms with E-state index < -0.39 is 0 Å². The van der Waals surface area contributed by atoms with Gasteiger partial charge in [-0.15, -0.1) is 0 Å². The lowest BCUT2D eigenvalue weighted by Crippen LogP contribution is -2.13. The van der Waals surface area contributed by atoms with Crippen LogP contribution in [0.1, 0.15) is 185 Å². The Morgan fingerprint density at radius 3 is 1.67 bits per heavy atom. The van der Waals surface area contributed by atoms with E-state index in [-0.39, 0.29) is 5.92 Å². The summed E-state index contributed by atoms with van der Waals surface area (Å²) in [6.07, 6.45) is 34.4. The first kappa shape index (κ1) is 35.5. The molecule has 1 aromatic carbocycles. The van der Waals surface area contributed by atoms with Crippen LogP contribution in [0, 0.1) is 6.92 Å². The van der Waals surface area contributed by atoms with Gasteiger partial charge in [-0.2, -0.15) is 0 Å². The highest BCUT2D eigenvalue weighted by Gasteiger charge is 2.22. The van der Waals surface area contributed by atoms with Crippen LogP contribution >= 0.6 is 0 Å². The van der Waals surface area contributed by atoms with E-state index in [1.54, 1.807) is 6.07 Å². The van der Waals surface area contributed by atoms with E-state index in [0.29, 0.717) is 18.0 Å². The molecule has 0 heterocycles. The van der Waals surface area contributed by atoms with Crippen molar-refractivity contribution in [1.82, 2.24) is 0 Å². The van der Waals surface area contributed by atoms with E-state index in [9.17, 15) is 9.90 Å². The van der Waals surface area contributed by atoms with Gasteiger partial charge in [-0.05, 0) is 51.5 Å². The van der Waals surface area contributed by atoms with Crippen LogP contribution in [0.2, 0.25) is 0 Å². The summed E-state index contributed by atoms with van der Waals surface area (Å²) < 4.78 is 0. The zero-order chi connectivity index (χ0) is 28.4. The number of ketones is 1. The second-order valence-electron chi connectivity index (χ2n) is 12.0. The first-order chi connectivity index (χ1) is 19.1. The van der Waals surface area contributed by atoms with Crippen molar-refractivity contribution < 1.29 is 9.90 Å². The zero-order valence-corrected chi connectivity index (χ0v) is 26.3. The number of rotatable bonds is 27. The largest absolute Gasteiger partial charge is 0.508 e. The maximum Gasteiger partial charge on any atom is 0.140 e. The Bertz CT molecular complexity index is 735. The number of unbranched alkanes of at least 4 members (excludes halogenated alkanes) is 19. The van der Waals surface area contributed by atoms with Crippen LogP contribution in [0.15, 0.2) is 30.4 Å². The van der Waals surface area contributed by atoms with Crippen molar-refractivity contribution in [3.05, 3.63) is 41.5 Å². The number of hydrogen-bond acceptors (Lipinski definition) is 2. The molecule has 0 aliphatic rings. The molecule has 0 spiro atoms. The van der Waals surface area contributed by atoms with E-state index in [4.69, 9.17) is 0 Å². The predicted octanol–water partition coefficient (Wildman–Crippen LogP) is 12.3. The molecule has 0 amide bonds. The number of phenols is 1. The molecule has 0 fully saturated rings. The minimum absolute atomic E-state index is 0.147. The molecule has 2 heteroatoms. The maximum atomic E-state index is 13.3. The molecule has 0 radical (unpaired) electrons. The summed E-state index contributed by atoms with van der Waals surface area (Å²) in [5.74, 6) is 0.471. The lowest BCUT2D eigenvalue weighted by atomic mass is 9.86. The van der Waals surface area contributed by atoms with Crippen LogP contribution in [-0.2, 0) is 4.79 Å². The van der Waals surface area contributed by atoms with Crippen LogP contribution in [-0.4, -0.2) is 10.9 Å². The second kappa shape index (κ2) is 25.4. The molecule has 2 nitrogen and oxygen atoms in total. The molecule has 0 saturated carbocycles. The molecule has 0 saturated heterocycles. The molecule has 39 heavy (non-hydrogen) atoms. The third kappa shape index (κ3) is 19.2. The summed E-state index contributed by atoms with van der Waals surface area (Å²) in [7, 11) is 0. The number of aromatic hydroxyl groups is 1. The van der Waals surface area contributed by atoms with Gasteiger partial charge in [-0.1, -0.05) is 153 Å². The third-order valence-electron chi connectivity index (χ3n) is 8.23. The highest BCUT2D eigenvalue weighted by molar-refractivity contribution is 5.86. The van der Waals surface area contributed by atoms with Crippen LogP contribution in [0.3, 0.4) is 0 Å². The monoisotopic (exact) mass is 540 g/mol. The SMILES string of the molecule is CCCCCCCCC=CCCCCCCCC(=O)C(CCCCCCCCCCC)c1cc(C)ccc1O. The number of phenolic OH excluding ortho intramolecular Hbond substituents is 1. The Morgan fingerprint density at radius 2 is 1.13 bits per heavy atom. The van der Waals surface area contributed by atoms with Crippen LogP contribution in [0.4, 0.5) is 0 Å². The zero-order valence-electron chi connectivity index (χ0n) is 26.3. The molecule has 1 unspecified atom stereocenters. The Hall–Kier alpha value is -1.57. The number of carbonyl (C=O) groups excluding carboxylic acids is 1. The van der Waals surface area contributed by atoms with Crippen molar-refractivity contribution in [2.24, 2.45) is 0 Å². The average Bonchev–Trinajstić information content (AvgIpc) is 2.93. The maximum absolute atomic E-state index is 13.3. The molecule has 0 bridgehead atoms. The van der Waals surface area contributed by atoms with Gasteiger partial charge in [0.15, 0.2) is 0 Å². The number of allylic oxidation sites excluding steroid dienone is 2. The van der Waals surface area contributed by atoms with Gasteiger partial charge in [-0.3, -0.25) is 4.79 Å².